The fourth-order valence-electron chi connectivity index (χ4n) is 7.08. The van der Waals surface area contributed by atoms with E-state index in [9.17, 15) is 0 Å². The smallest absolute Gasteiger partial charge is 0.188 e. The number of hydrogen-bond acceptors (Lipinski definition) is 2. The molecule has 2 unspecified atom stereocenters. The lowest BCUT2D eigenvalue weighted by molar-refractivity contribution is -0.175. The summed E-state index contributed by atoms with van der Waals surface area (Å²) in [7, 11) is 1.70. The van der Waals surface area contributed by atoms with Gasteiger partial charge in [-0.1, -0.05) is 26.8 Å². The van der Waals surface area contributed by atoms with E-state index < -0.39 is 0 Å². The number of methoxy groups -OCH3 is 1. The van der Waals surface area contributed by atoms with Crippen molar-refractivity contribution >= 4 is 15.9 Å². The molecule has 1 aromatic carbocycles. The first-order chi connectivity index (χ1) is 11.8. The molecule has 4 fully saturated rings. The Kier molecular flexibility index (Phi) is 3.35. The van der Waals surface area contributed by atoms with Crippen LogP contribution in [0.3, 0.4) is 0 Å². The van der Waals surface area contributed by atoms with Crippen molar-refractivity contribution in [3.63, 3.8) is 0 Å². The van der Waals surface area contributed by atoms with Gasteiger partial charge in [-0.15, -0.1) is 0 Å². The molecule has 0 aromatic heterocycles. The van der Waals surface area contributed by atoms with Crippen LogP contribution in [0.1, 0.15) is 64.0 Å². The van der Waals surface area contributed by atoms with E-state index in [1.54, 1.807) is 7.11 Å². The predicted molar refractivity (Wildman–Crippen MR) is 103 cm³/mol. The molecule has 2 atom stereocenters. The third-order valence-electron chi connectivity index (χ3n) is 8.14. The van der Waals surface area contributed by atoms with Gasteiger partial charge in [0, 0.05) is 18.1 Å². The van der Waals surface area contributed by atoms with Gasteiger partial charge in [-0.3, -0.25) is 0 Å². The molecule has 0 amide bonds. The lowest BCUT2D eigenvalue weighted by Gasteiger charge is -2.66. The Morgan fingerprint density at radius 3 is 2.32 bits per heavy atom. The van der Waals surface area contributed by atoms with Gasteiger partial charge < -0.3 is 9.47 Å². The van der Waals surface area contributed by atoms with Crippen molar-refractivity contribution in [2.24, 2.45) is 23.2 Å². The maximum atomic E-state index is 6.11. The molecule has 3 heteroatoms. The molecular formula is C22H29BrO2. The van der Waals surface area contributed by atoms with Gasteiger partial charge in [0.25, 0.3) is 0 Å². The summed E-state index contributed by atoms with van der Waals surface area (Å²) in [5.74, 6) is 4.05. The third kappa shape index (κ3) is 2.00. The van der Waals surface area contributed by atoms with Crippen LogP contribution in [0.4, 0.5) is 0 Å². The zero-order chi connectivity index (χ0) is 17.6. The average molecular weight is 405 g/mol. The summed E-state index contributed by atoms with van der Waals surface area (Å²) in [6, 6.07) is 4.72. The van der Waals surface area contributed by atoms with Crippen LogP contribution in [0.2, 0.25) is 0 Å². The maximum Gasteiger partial charge on any atom is 0.188 e. The van der Waals surface area contributed by atoms with E-state index in [-0.39, 0.29) is 5.41 Å². The predicted octanol–water partition coefficient (Wildman–Crippen LogP) is 5.81. The van der Waals surface area contributed by atoms with Crippen molar-refractivity contribution < 1.29 is 9.47 Å². The fourth-order valence-corrected chi connectivity index (χ4v) is 7.65. The molecule has 4 aliphatic rings. The van der Waals surface area contributed by atoms with Gasteiger partial charge in [0.15, 0.2) is 6.79 Å². The Balaban J connectivity index is 1.63. The van der Waals surface area contributed by atoms with Crippen molar-refractivity contribution in [2.75, 3.05) is 13.9 Å². The van der Waals surface area contributed by atoms with E-state index >= 15 is 0 Å². The van der Waals surface area contributed by atoms with Crippen LogP contribution in [0.15, 0.2) is 16.6 Å². The number of hydrogen-bond donors (Lipinski definition) is 0. The van der Waals surface area contributed by atoms with Crippen molar-refractivity contribution in [3.05, 3.63) is 27.7 Å². The van der Waals surface area contributed by atoms with E-state index in [2.05, 4.69) is 48.8 Å². The Morgan fingerprint density at radius 1 is 1.12 bits per heavy atom. The number of rotatable bonds is 4. The maximum absolute atomic E-state index is 6.11. The highest BCUT2D eigenvalue weighted by Crippen LogP contribution is 2.84. The summed E-state index contributed by atoms with van der Waals surface area (Å²) in [6.07, 6.45) is 7.15. The number of ether oxygens (including phenoxy) is 2. The molecule has 2 bridgehead atoms. The van der Waals surface area contributed by atoms with Gasteiger partial charge in [0.1, 0.15) is 5.75 Å². The quantitative estimate of drug-likeness (QED) is 0.589. The Hall–Kier alpha value is -0.540. The van der Waals surface area contributed by atoms with Gasteiger partial charge in [-0.2, -0.15) is 0 Å². The zero-order valence-electron chi connectivity index (χ0n) is 15.8. The van der Waals surface area contributed by atoms with Crippen LogP contribution in [0.5, 0.6) is 5.75 Å². The molecule has 2 nitrogen and oxygen atoms in total. The first kappa shape index (κ1) is 16.6. The van der Waals surface area contributed by atoms with Gasteiger partial charge in [-0.05, 0) is 88.2 Å². The fraction of sp³-hybridized carbons (Fsp3) is 0.727. The second-order valence-electron chi connectivity index (χ2n) is 10.2. The summed E-state index contributed by atoms with van der Waals surface area (Å²) in [6.45, 7) is 7.23. The lowest BCUT2D eigenvalue weighted by atomic mass is 9.38. The highest BCUT2D eigenvalue weighted by molar-refractivity contribution is 9.10. The van der Waals surface area contributed by atoms with Gasteiger partial charge >= 0.3 is 0 Å². The van der Waals surface area contributed by atoms with E-state index in [4.69, 9.17) is 9.47 Å². The minimum Gasteiger partial charge on any atom is -0.466 e. The molecule has 0 heterocycles. The zero-order valence-corrected chi connectivity index (χ0v) is 17.4. The van der Waals surface area contributed by atoms with E-state index in [1.807, 2.05) is 0 Å². The largest absolute Gasteiger partial charge is 0.466 e. The topological polar surface area (TPSA) is 18.5 Å². The molecule has 136 valence electrons. The Bertz CT molecular complexity index is 716. The van der Waals surface area contributed by atoms with Crippen molar-refractivity contribution in [3.8, 4) is 5.75 Å². The molecule has 1 aromatic rings. The molecule has 0 aliphatic heterocycles. The minimum absolute atomic E-state index is 0.143. The summed E-state index contributed by atoms with van der Waals surface area (Å²) in [5, 5.41) is 0. The van der Waals surface area contributed by atoms with Crippen molar-refractivity contribution in [1.29, 1.82) is 0 Å². The first-order valence-electron chi connectivity index (χ1n) is 9.76. The molecule has 4 aliphatic carbocycles. The molecule has 4 saturated carbocycles. The van der Waals surface area contributed by atoms with E-state index in [0.29, 0.717) is 12.2 Å². The van der Waals surface area contributed by atoms with Crippen molar-refractivity contribution in [1.82, 2.24) is 0 Å². The summed E-state index contributed by atoms with van der Waals surface area (Å²) in [5.41, 5.74) is 4.07. The van der Waals surface area contributed by atoms with Gasteiger partial charge in [0.05, 0.1) is 4.47 Å². The first-order valence-corrected chi connectivity index (χ1v) is 10.6. The number of halogens is 1. The second kappa shape index (κ2) is 5.04. The Labute approximate surface area is 159 Å². The Morgan fingerprint density at radius 2 is 1.80 bits per heavy atom. The highest BCUT2D eigenvalue weighted by atomic mass is 79.9. The normalized spacial score (nSPS) is 40.4. The molecule has 1 spiro atoms. The number of fused-ring (bicyclic) bond motifs is 1. The second-order valence-corrected chi connectivity index (χ2v) is 11.0. The average Bonchev–Trinajstić information content (AvgIpc) is 3.00. The van der Waals surface area contributed by atoms with Gasteiger partial charge in [0.2, 0.25) is 0 Å². The van der Waals surface area contributed by atoms with E-state index in [1.165, 1.54) is 43.2 Å². The summed E-state index contributed by atoms with van der Waals surface area (Å²) < 4.78 is 12.4. The standard InChI is InChI=1S/C22H29BrO2/c1-20(2,3)13-7-17(19(18(23)8-13)25-12-24-4)21-9-15-5-14-6-16(10-21)22(14,15)11-21/h7-8,14-16H,5-6,9-12H2,1-4H3. The van der Waals surface area contributed by atoms with Crippen LogP contribution in [0, 0.1) is 23.2 Å². The number of benzene rings is 1. The monoisotopic (exact) mass is 404 g/mol. The molecule has 0 radical (unpaired) electrons. The summed E-state index contributed by atoms with van der Waals surface area (Å²) in [4.78, 5) is 0. The molecule has 5 rings (SSSR count). The van der Waals surface area contributed by atoms with Crippen LogP contribution >= 0.6 is 15.9 Å². The van der Waals surface area contributed by atoms with Crippen LogP contribution in [0.25, 0.3) is 0 Å². The molecular weight excluding hydrogens is 376 g/mol. The van der Waals surface area contributed by atoms with Crippen LogP contribution < -0.4 is 4.74 Å². The third-order valence-corrected chi connectivity index (χ3v) is 8.73. The highest BCUT2D eigenvalue weighted by Gasteiger charge is 2.77. The van der Waals surface area contributed by atoms with Crippen LogP contribution in [-0.2, 0) is 15.6 Å². The minimum atomic E-state index is 0.143. The van der Waals surface area contributed by atoms with Gasteiger partial charge in [-0.25, -0.2) is 0 Å². The molecule has 25 heavy (non-hydrogen) atoms. The SMILES string of the molecule is COCOc1c(Br)cc(C(C)(C)C)cc1C12CC3CC4CC(C1)C43C2. The van der Waals surface area contributed by atoms with Crippen LogP contribution in [-0.4, -0.2) is 13.9 Å². The lowest BCUT2D eigenvalue weighted by Crippen LogP contribution is -2.59. The molecule has 0 saturated heterocycles. The summed E-state index contributed by atoms with van der Waals surface area (Å²) >= 11 is 3.82. The molecule has 0 N–H and O–H groups in total. The van der Waals surface area contributed by atoms with E-state index in [0.717, 1.165) is 33.4 Å². The van der Waals surface area contributed by atoms with Crippen molar-refractivity contribution in [2.45, 2.75) is 63.7 Å².